The summed E-state index contributed by atoms with van der Waals surface area (Å²) in [6, 6.07) is 23.0. The average molecular weight is 455 g/mol. The molecule has 0 aliphatic rings. The molecular formula is C26H22N4O2S. The molecule has 0 spiro atoms. The van der Waals surface area contributed by atoms with Gasteiger partial charge < -0.3 is 0 Å². The second kappa shape index (κ2) is 8.67. The number of thioether (sulfide) groups is 1. The predicted molar refractivity (Wildman–Crippen MR) is 131 cm³/mol. The standard InChI is InChI=1S/C26H22N4O2S/c1-17-12-13-20(14-18(17)2)23(31)16-33-26-28-27-25-29(15-19-8-4-3-5-9-19)24(32)21-10-6-7-11-22(21)30(25)26/h3-14H,15-16H2,1-2H3. The fourth-order valence-corrected chi connectivity index (χ4v) is 4.70. The number of hydrogen-bond acceptors (Lipinski definition) is 5. The highest BCUT2D eigenvalue weighted by Crippen LogP contribution is 2.23. The Balaban J connectivity index is 1.56. The van der Waals surface area contributed by atoms with Gasteiger partial charge in [-0.25, -0.2) is 0 Å². The van der Waals surface area contributed by atoms with Gasteiger partial charge in [-0.15, -0.1) is 10.2 Å². The zero-order chi connectivity index (χ0) is 22.9. The van der Waals surface area contributed by atoms with Crippen LogP contribution in [-0.4, -0.2) is 30.7 Å². The first-order chi connectivity index (χ1) is 16.0. The van der Waals surface area contributed by atoms with Crippen molar-refractivity contribution in [3.63, 3.8) is 0 Å². The predicted octanol–water partition coefficient (Wildman–Crippen LogP) is 4.68. The van der Waals surface area contributed by atoms with Crippen LogP contribution in [0, 0.1) is 13.8 Å². The third-order valence-corrected chi connectivity index (χ3v) is 6.75. The monoisotopic (exact) mass is 454 g/mol. The molecule has 164 valence electrons. The molecule has 6 nitrogen and oxygen atoms in total. The summed E-state index contributed by atoms with van der Waals surface area (Å²) in [7, 11) is 0. The Hall–Kier alpha value is -3.71. The van der Waals surface area contributed by atoms with Crippen molar-refractivity contribution in [1.82, 2.24) is 19.2 Å². The Morgan fingerprint density at radius 2 is 1.67 bits per heavy atom. The lowest BCUT2D eigenvalue weighted by atomic mass is 10.0. The van der Waals surface area contributed by atoms with Crippen molar-refractivity contribution in [1.29, 1.82) is 0 Å². The number of rotatable bonds is 6. The van der Waals surface area contributed by atoms with Crippen LogP contribution < -0.4 is 5.56 Å². The number of hydrogen-bond donors (Lipinski definition) is 0. The molecule has 0 N–H and O–H groups in total. The van der Waals surface area contributed by atoms with Crippen LogP contribution in [0.2, 0.25) is 0 Å². The molecule has 0 saturated carbocycles. The van der Waals surface area contributed by atoms with Crippen LogP contribution in [-0.2, 0) is 6.54 Å². The lowest BCUT2D eigenvalue weighted by molar-refractivity contribution is 0.102. The van der Waals surface area contributed by atoms with E-state index in [1.54, 1.807) is 4.57 Å². The molecule has 0 saturated heterocycles. The highest BCUT2D eigenvalue weighted by molar-refractivity contribution is 7.99. The Morgan fingerprint density at radius 1 is 0.909 bits per heavy atom. The third kappa shape index (κ3) is 3.96. The van der Waals surface area contributed by atoms with E-state index in [2.05, 4.69) is 10.2 Å². The van der Waals surface area contributed by atoms with Crippen LogP contribution in [0.4, 0.5) is 0 Å². The number of Topliss-reactive ketones (excluding diaryl/α,β-unsaturated/α-hetero) is 1. The molecule has 5 rings (SSSR count). The van der Waals surface area contributed by atoms with Crippen molar-refractivity contribution in [3.05, 3.63) is 105 Å². The van der Waals surface area contributed by atoms with Gasteiger partial charge in [0.25, 0.3) is 5.56 Å². The summed E-state index contributed by atoms with van der Waals surface area (Å²) in [4.78, 5) is 26.1. The van der Waals surface area contributed by atoms with E-state index >= 15 is 0 Å². The van der Waals surface area contributed by atoms with E-state index in [1.165, 1.54) is 11.8 Å². The van der Waals surface area contributed by atoms with Crippen molar-refractivity contribution in [2.24, 2.45) is 0 Å². The number of fused-ring (bicyclic) bond motifs is 3. The van der Waals surface area contributed by atoms with E-state index in [-0.39, 0.29) is 17.1 Å². The molecule has 0 radical (unpaired) electrons. The SMILES string of the molecule is Cc1ccc(C(=O)CSc2nnc3n(Cc4ccccc4)c(=O)c4ccccc4n23)cc1C. The quantitative estimate of drug-likeness (QED) is 0.275. The van der Waals surface area contributed by atoms with Gasteiger partial charge in [0.2, 0.25) is 5.78 Å². The van der Waals surface area contributed by atoms with E-state index in [1.807, 2.05) is 91.0 Å². The normalized spacial score (nSPS) is 11.3. The van der Waals surface area contributed by atoms with Crippen molar-refractivity contribution >= 4 is 34.2 Å². The van der Waals surface area contributed by atoms with Gasteiger partial charge in [0, 0.05) is 5.56 Å². The van der Waals surface area contributed by atoms with E-state index < -0.39 is 0 Å². The molecule has 0 bridgehead atoms. The minimum atomic E-state index is -0.114. The van der Waals surface area contributed by atoms with Crippen LogP contribution in [0.1, 0.15) is 27.0 Å². The Bertz CT molecular complexity index is 1550. The van der Waals surface area contributed by atoms with Gasteiger partial charge in [-0.05, 0) is 48.7 Å². The van der Waals surface area contributed by atoms with Gasteiger partial charge in [0.05, 0.1) is 23.2 Å². The van der Waals surface area contributed by atoms with E-state index in [4.69, 9.17) is 0 Å². The first-order valence-corrected chi connectivity index (χ1v) is 11.7. The molecule has 0 atom stereocenters. The van der Waals surface area contributed by atoms with Gasteiger partial charge in [-0.3, -0.25) is 18.6 Å². The molecular weight excluding hydrogens is 432 g/mol. The maximum atomic E-state index is 13.3. The van der Waals surface area contributed by atoms with Gasteiger partial charge in [0.15, 0.2) is 10.9 Å². The van der Waals surface area contributed by atoms with Gasteiger partial charge in [-0.1, -0.05) is 66.4 Å². The number of ketones is 1. The van der Waals surface area contributed by atoms with Crippen molar-refractivity contribution in [3.8, 4) is 0 Å². The van der Waals surface area contributed by atoms with Crippen LogP contribution in [0.3, 0.4) is 0 Å². The highest BCUT2D eigenvalue weighted by atomic mass is 32.2. The number of carbonyl (C=O) groups excluding carboxylic acids is 1. The fraction of sp³-hybridized carbons (Fsp3) is 0.154. The Kier molecular flexibility index (Phi) is 5.56. The molecule has 0 amide bonds. The minimum Gasteiger partial charge on any atom is -0.293 e. The number of benzene rings is 3. The molecule has 5 aromatic rings. The number of aryl methyl sites for hydroxylation is 2. The van der Waals surface area contributed by atoms with Crippen LogP contribution in [0.5, 0.6) is 0 Å². The summed E-state index contributed by atoms with van der Waals surface area (Å²) in [5.41, 5.74) is 4.55. The van der Waals surface area contributed by atoms with Gasteiger partial charge in [0.1, 0.15) is 0 Å². The fourth-order valence-electron chi connectivity index (χ4n) is 3.86. The number of carbonyl (C=O) groups is 1. The van der Waals surface area contributed by atoms with E-state index in [0.717, 1.165) is 22.2 Å². The molecule has 0 aliphatic carbocycles. The molecule has 7 heteroatoms. The van der Waals surface area contributed by atoms with Gasteiger partial charge in [-0.2, -0.15) is 0 Å². The topological polar surface area (TPSA) is 69.3 Å². The lowest BCUT2D eigenvalue weighted by Crippen LogP contribution is -2.24. The second-order valence-corrected chi connectivity index (χ2v) is 8.97. The minimum absolute atomic E-state index is 0.0294. The molecule has 33 heavy (non-hydrogen) atoms. The average Bonchev–Trinajstić information content (AvgIpc) is 3.26. The van der Waals surface area contributed by atoms with Crippen molar-refractivity contribution < 1.29 is 4.79 Å². The largest absolute Gasteiger partial charge is 0.293 e. The zero-order valence-electron chi connectivity index (χ0n) is 18.4. The van der Waals surface area contributed by atoms with Gasteiger partial charge >= 0.3 is 0 Å². The van der Waals surface area contributed by atoms with Crippen molar-refractivity contribution in [2.75, 3.05) is 5.75 Å². The summed E-state index contributed by atoms with van der Waals surface area (Å²) in [5.74, 6) is 0.723. The molecule has 0 fully saturated rings. The Labute approximate surface area is 194 Å². The van der Waals surface area contributed by atoms with Crippen molar-refractivity contribution in [2.45, 2.75) is 25.5 Å². The molecule has 3 aromatic carbocycles. The van der Waals surface area contributed by atoms with Crippen LogP contribution in [0.15, 0.2) is 82.7 Å². The first kappa shape index (κ1) is 21.2. The highest BCUT2D eigenvalue weighted by Gasteiger charge is 2.18. The lowest BCUT2D eigenvalue weighted by Gasteiger charge is -2.11. The summed E-state index contributed by atoms with van der Waals surface area (Å²) in [6.07, 6.45) is 0. The summed E-state index contributed by atoms with van der Waals surface area (Å²) in [6.45, 7) is 4.42. The third-order valence-electron chi connectivity index (χ3n) is 5.82. The van der Waals surface area contributed by atoms with E-state index in [0.29, 0.717) is 28.4 Å². The maximum Gasteiger partial charge on any atom is 0.263 e. The smallest absolute Gasteiger partial charge is 0.263 e. The maximum absolute atomic E-state index is 13.3. The number of para-hydroxylation sites is 1. The molecule has 2 aromatic heterocycles. The van der Waals surface area contributed by atoms with Crippen LogP contribution >= 0.6 is 11.8 Å². The number of aromatic nitrogens is 4. The molecule has 0 aliphatic heterocycles. The molecule has 0 unspecified atom stereocenters. The number of nitrogens with zero attached hydrogens (tertiary/aromatic N) is 4. The zero-order valence-corrected chi connectivity index (χ0v) is 19.2. The summed E-state index contributed by atoms with van der Waals surface area (Å²) >= 11 is 1.33. The summed E-state index contributed by atoms with van der Waals surface area (Å²) < 4.78 is 3.51. The first-order valence-electron chi connectivity index (χ1n) is 10.7. The second-order valence-electron chi connectivity index (χ2n) is 8.02. The van der Waals surface area contributed by atoms with Crippen LogP contribution in [0.25, 0.3) is 16.7 Å². The van der Waals surface area contributed by atoms with E-state index in [9.17, 15) is 9.59 Å². The summed E-state index contributed by atoms with van der Waals surface area (Å²) in [5, 5.41) is 9.87. The molecule has 2 heterocycles. The Morgan fingerprint density at radius 3 is 2.45 bits per heavy atom.